The van der Waals surface area contributed by atoms with Gasteiger partial charge >= 0.3 is 0 Å². The van der Waals surface area contributed by atoms with E-state index in [9.17, 15) is 9.18 Å². The second kappa shape index (κ2) is 5.44. The first-order valence-electron chi connectivity index (χ1n) is 6.22. The van der Waals surface area contributed by atoms with E-state index in [2.05, 4.69) is 0 Å². The van der Waals surface area contributed by atoms with Crippen LogP contribution in [0.15, 0.2) is 29.8 Å². The zero-order valence-electron chi connectivity index (χ0n) is 10.8. The number of rotatable bonds is 3. The number of carbonyl (C=O) groups is 1. The maximum Gasteiger partial charge on any atom is 0.163 e. The summed E-state index contributed by atoms with van der Waals surface area (Å²) in [4.78, 5) is 14.2. The summed E-state index contributed by atoms with van der Waals surface area (Å²) < 4.78 is 13.5. The Morgan fingerprint density at radius 2 is 2.11 bits per heavy atom. The highest BCUT2D eigenvalue weighted by Gasteiger charge is 2.29. The zero-order chi connectivity index (χ0) is 13.1. The first kappa shape index (κ1) is 13.0. The fourth-order valence-corrected chi connectivity index (χ4v) is 2.38. The average molecular weight is 247 g/mol. The van der Waals surface area contributed by atoms with Crippen LogP contribution < -0.4 is 0 Å². The highest BCUT2D eigenvalue weighted by molar-refractivity contribution is 6.03. The van der Waals surface area contributed by atoms with Gasteiger partial charge < -0.3 is 4.90 Å². The molecule has 0 aromatic heterocycles. The number of allylic oxidation sites excluding steroid dienone is 1. The van der Waals surface area contributed by atoms with Crippen molar-refractivity contribution in [1.29, 1.82) is 0 Å². The van der Waals surface area contributed by atoms with Gasteiger partial charge in [0.05, 0.1) is 0 Å². The van der Waals surface area contributed by atoms with Crippen LogP contribution in [0.25, 0.3) is 6.08 Å². The van der Waals surface area contributed by atoms with Crippen LogP contribution in [0.5, 0.6) is 0 Å². The van der Waals surface area contributed by atoms with E-state index in [0.29, 0.717) is 5.56 Å². The maximum absolute atomic E-state index is 13.5. The molecule has 0 amide bonds. The average Bonchev–Trinajstić information content (AvgIpc) is 2.64. The first-order valence-corrected chi connectivity index (χ1v) is 6.22. The number of ketones is 1. The molecule has 0 N–H and O–H groups in total. The van der Waals surface area contributed by atoms with Crippen molar-refractivity contribution in [3.63, 3.8) is 0 Å². The number of halogens is 1. The van der Waals surface area contributed by atoms with Crippen LogP contribution in [0.3, 0.4) is 0 Å². The first-order chi connectivity index (χ1) is 8.58. The van der Waals surface area contributed by atoms with Gasteiger partial charge in [-0.05, 0) is 44.7 Å². The Bertz CT molecular complexity index is 479. The molecular weight excluding hydrogens is 229 g/mol. The van der Waals surface area contributed by atoms with Crippen molar-refractivity contribution in [3.8, 4) is 0 Å². The molecule has 96 valence electrons. The molecule has 0 aliphatic heterocycles. The van der Waals surface area contributed by atoms with Gasteiger partial charge in [0, 0.05) is 18.0 Å². The summed E-state index contributed by atoms with van der Waals surface area (Å²) in [5.74, 6) is -0.0289. The molecule has 3 heteroatoms. The predicted octanol–water partition coefficient (Wildman–Crippen LogP) is 2.75. The van der Waals surface area contributed by atoms with Crippen LogP contribution in [-0.4, -0.2) is 31.3 Å². The van der Waals surface area contributed by atoms with Gasteiger partial charge in [-0.25, -0.2) is 4.39 Å². The molecular formula is C15H18FNO. The summed E-state index contributed by atoms with van der Waals surface area (Å²) >= 11 is 0. The Kier molecular flexibility index (Phi) is 3.92. The topological polar surface area (TPSA) is 20.3 Å². The smallest absolute Gasteiger partial charge is 0.163 e. The molecule has 2 nitrogen and oxygen atoms in total. The molecule has 2 rings (SSSR count). The second-order valence-electron chi connectivity index (χ2n) is 5.05. The second-order valence-corrected chi connectivity index (χ2v) is 5.05. The number of Topliss-reactive ketones (excluding diaryl/α,β-unsaturated/α-hetero) is 1. The lowest BCUT2D eigenvalue weighted by atomic mass is 10.0. The third-order valence-corrected chi connectivity index (χ3v) is 3.27. The maximum atomic E-state index is 13.5. The highest BCUT2D eigenvalue weighted by Crippen LogP contribution is 2.29. The summed E-state index contributed by atoms with van der Waals surface area (Å²) in [6, 6.07) is 6.56. The lowest BCUT2D eigenvalue weighted by Crippen LogP contribution is -2.24. The minimum absolute atomic E-state index is 0.0676. The lowest BCUT2D eigenvalue weighted by molar-refractivity contribution is -0.118. The summed E-state index contributed by atoms with van der Waals surface area (Å²) in [6.07, 6.45) is 3.33. The van der Waals surface area contributed by atoms with Crippen LogP contribution in [-0.2, 0) is 4.79 Å². The van der Waals surface area contributed by atoms with Gasteiger partial charge in [0.15, 0.2) is 5.78 Å². The predicted molar refractivity (Wildman–Crippen MR) is 70.7 cm³/mol. The van der Waals surface area contributed by atoms with E-state index < -0.39 is 0 Å². The van der Waals surface area contributed by atoms with Crippen molar-refractivity contribution in [3.05, 3.63) is 41.2 Å². The minimum Gasteiger partial charge on any atom is -0.309 e. The van der Waals surface area contributed by atoms with Crippen molar-refractivity contribution >= 4 is 11.9 Å². The molecule has 0 heterocycles. The molecule has 1 atom stereocenters. The summed E-state index contributed by atoms with van der Waals surface area (Å²) in [6.45, 7) is 0.771. The Morgan fingerprint density at radius 3 is 2.78 bits per heavy atom. The van der Waals surface area contributed by atoms with Crippen LogP contribution in [0.2, 0.25) is 0 Å². The number of hydrogen-bond acceptors (Lipinski definition) is 2. The van der Waals surface area contributed by atoms with Crippen LogP contribution in [0.4, 0.5) is 4.39 Å². The molecule has 1 aromatic carbocycles. The van der Waals surface area contributed by atoms with E-state index in [0.717, 1.165) is 25.0 Å². The van der Waals surface area contributed by atoms with Crippen molar-refractivity contribution in [1.82, 2.24) is 4.90 Å². The number of benzene rings is 1. The molecule has 1 aliphatic rings. The van der Waals surface area contributed by atoms with E-state index >= 15 is 0 Å². The number of hydrogen-bond donors (Lipinski definition) is 0. The molecule has 0 bridgehead atoms. The van der Waals surface area contributed by atoms with Gasteiger partial charge in [-0.2, -0.15) is 0 Å². The Morgan fingerprint density at radius 1 is 1.39 bits per heavy atom. The Hall–Kier alpha value is -1.48. The molecule has 1 aliphatic carbocycles. The van der Waals surface area contributed by atoms with E-state index in [1.54, 1.807) is 24.3 Å². The molecule has 1 unspecified atom stereocenters. The third kappa shape index (κ3) is 2.85. The Balaban J connectivity index is 2.16. The molecule has 0 radical (unpaired) electrons. The number of carbonyl (C=O) groups excluding carboxylic acids is 1. The van der Waals surface area contributed by atoms with Crippen molar-refractivity contribution in [2.75, 3.05) is 20.6 Å². The Labute approximate surface area is 107 Å². The van der Waals surface area contributed by atoms with Crippen LogP contribution in [0, 0.1) is 11.7 Å². The molecule has 0 spiro atoms. The summed E-state index contributed by atoms with van der Waals surface area (Å²) in [5.41, 5.74) is 1.26. The molecule has 1 aromatic rings. The fraction of sp³-hybridized carbons (Fsp3) is 0.400. The van der Waals surface area contributed by atoms with Crippen LogP contribution >= 0.6 is 0 Å². The number of nitrogens with zero attached hydrogens (tertiary/aromatic N) is 1. The van der Waals surface area contributed by atoms with Gasteiger partial charge in [0.2, 0.25) is 0 Å². The quantitative estimate of drug-likeness (QED) is 0.765. The van der Waals surface area contributed by atoms with E-state index in [4.69, 9.17) is 0 Å². The normalized spacial score (nSPS) is 22.1. The molecule has 18 heavy (non-hydrogen) atoms. The van der Waals surface area contributed by atoms with E-state index in [1.165, 1.54) is 6.07 Å². The molecule has 1 fully saturated rings. The molecule has 0 saturated heterocycles. The van der Waals surface area contributed by atoms with Crippen molar-refractivity contribution < 1.29 is 9.18 Å². The van der Waals surface area contributed by atoms with Gasteiger partial charge in [-0.15, -0.1) is 0 Å². The van der Waals surface area contributed by atoms with Gasteiger partial charge in [0.1, 0.15) is 5.82 Å². The lowest BCUT2D eigenvalue weighted by Gasteiger charge is -2.13. The highest BCUT2D eigenvalue weighted by atomic mass is 19.1. The SMILES string of the molecule is CN(C)CC1CCC(=Cc2ccccc2F)C1=O. The largest absolute Gasteiger partial charge is 0.309 e. The summed E-state index contributed by atoms with van der Waals surface area (Å²) in [7, 11) is 3.93. The van der Waals surface area contributed by atoms with Crippen molar-refractivity contribution in [2.24, 2.45) is 5.92 Å². The fourth-order valence-electron chi connectivity index (χ4n) is 2.38. The van der Waals surface area contributed by atoms with Gasteiger partial charge in [-0.3, -0.25) is 4.79 Å². The monoisotopic (exact) mass is 247 g/mol. The standard InChI is InChI=1S/C15H18FNO/c1-17(2)10-13-8-7-12(15(13)18)9-11-5-3-4-6-14(11)16/h3-6,9,13H,7-8,10H2,1-2H3. The molecule has 1 saturated carbocycles. The van der Waals surface area contributed by atoms with E-state index in [1.807, 2.05) is 19.0 Å². The van der Waals surface area contributed by atoms with E-state index in [-0.39, 0.29) is 17.5 Å². The van der Waals surface area contributed by atoms with Gasteiger partial charge in [0.25, 0.3) is 0 Å². The van der Waals surface area contributed by atoms with Crippen molar-refractivity contribution in [2.45, 2.75) is 12.8 Å². The minimum atomic E-state index is -0.270. The summed E-state index contributed by atoms with van der Waals surface area (Å²) in [5, 5.41) is 0. The van der Waals surface area contributed by atoms with Crippen LogP contribution in [0.1, 0.15) is 18.4 Å². The third-order valence-electron chi connectivity index (χ3n) is 3.27. The zero-order valence-corrected chi connectivity index (χ0v) is 10.8. The van der Waals surface area contributed by atoms with Gasteiger partial charge in [-0.1, -0.05) is 18.2 Å².